The lowest BCUT2D eigenvalue weighted by Gasteiger charge is -2.59. The molecule has 3 N–H and O–H groups in total. The highest BCUT2D eigenvalue weighted by Crippen LogP contribution is 2.62. The van der Waals surface area contributed by atoms with E-state index in [4.69, 9.17) is 28.9 Å². The minimum atomic E-state index is -4.29. The third kappa shape index (κ3) is 10.7. The van der Waals surface area contributed by atoms with Crippen molar-refractivity contribution in [3.05, 3.63) is 102 Å². The topological polar surface area (TPSA) is 183 Å². The molecule has 65 heavy (non-hydrogen) atoms. The highest BCUT2D eigenvalue weighted by Gasteiger charge is 2.66. The number of anilines is 1. The zero-order valence-corrected chi connectivity index (χ0v) is 38.3. The summed E-state index contributed by atoms with van der Waals surface area (Å²) in [6.07, 6.45) is 11.3. The van der Waals surface area contributed by atoms with E-state index < -0.39 is 34.1 Å². The van der Waals surface area contributed by atoms with Crippen molar-refractivity contribution in [3.8, 4) is 17.2 Å². The third-order valence-electron chi connectivity index (χ3n) is 12.9. The molecule has 3 aromatic rings. The van der Waals surface area contributed by atoms with Crippen LogP contribution in [0.15, 0.2) is 101 Å². The van der Waals surface area contributed by atoms with Crippen LogP contribution in [0.4, 0.5) is 5.69 Å². The SMILES string of the molecule is C=CCOC12Oc3ccc(Oc4cccc(C=O)c4)cc3C3C(CCCCO)C(CCCCO)C=C(C(=NOC4CCCCO4)CC1N(CCC)S(=O)(=O)c1ccc(NC(C)=O)cc1)C32. The Morgan fingerprint density at radius 2 is 1.78 bits per heavy atom. The van der Waals surface area contributed by atoms with Gasteiger partial charge in [0.05, 0.1) is 35.8 Å². The van der Waals surface area contributed by atoms with Crippen LogP contribution >= 0.6 is 0 Å². The molecular formula is C50H63N3O11S. The van der Waals surface area contributed by atoms with Gasteiger partial charge < -0.3 is 39.3 Å². The number of aliphatic hydroxyl groups excluding tert-OH is 2. The second-order valence-corrected chi connectivity index (χ2v) is 19.2. The molecule has 7 atom stereocenters. The molecule has 2 heterocycles. The smallest absolute Gasteiger partial charge is 0.243 e. The molecule has 1 saturated heterocycles. The van der Waals surface area contributed by atoms with Crippen molar-refractivity contribution in [3.63, 3.8) is 0 Å². The summed E-state index contributed by atoms with van der Waals surface area (Å²) in [6, 6.07) is 17.7. The molecule has 2 fully saturated rings. The Kier molecular flexibility index (Phi) is 16.3. The number of sulfonamides is 1. The number of nitrogens with one attached hydrogen (secondary N) is 1. The van der Waals surface area contributed by atoms with Gasteiger partial charge in [0, 0.05) is 62.3 Å². The first-order chi connectivity index (χ1) is 31.6. The van der Waals surface area contributed by atoms with Crippen molar-refractivity contribution >= 4 is 33.6 Å². The molecule has 1 saturated carbocycles. The Balaban J connectivity index is 1.46. The molecule has 4 aliphatic rings. The van der Waals surface area contributed by atoms with E-state index in [9.17, 15) is 19.8 Å². The normalized spacial score (nSPS) is 25.4. The molecule has 3 aromatic carbocycles. The fourth-order valence-electron chi connectivity index (χ4n) is 10.1. The first-order valence-electron chi connectivity index (χ1n) is 23.0. The number of carbonyl (C=O) groups is 2. The number of oxime groups is 1. The minimum Gasteiger partial charge on any atom is -0.460 e. The van der Waals surface area contributed by atoms with Crippen LogP contribution in [0.5, 0.6) is 17.2 Å². The molecule has 1 amide bonds. The number of aldehydes is 1. The number of amides is 1. The largest absolute Gasteiger partial charge is 0.460 e. The van der Waals surface area contributed by atoms with Crippen molar-refractivity contribution in [1.82, 2.24) is 4.31 Å². The number of nitrogens with zero attached hydrogens (tertiary/aromatic N) is 2. The van der Waals surface area contributed by atoms with Crippen LogP contribution in [0, 0.1) is 17.8 Å². The van der Waals surface area contributed by atoms with Gasteiger partial charge in [-0.05, 0) is 117 Å². The van der Waals surface area contributed by atoms with Crippen LogP contribution in [0.1, 0.15) is 106 Å². The van der Waals surface area contributed by atoms with Crippen LogP contribution in [-0.2, 0) is 29.1 Å². The zero-order chi connectivity index (χ0) is 46.0. The number of allylic oxidation sites excluding steroid dienone is 1. The summed E-state index contributed by atoms with van der Waals surface area (Å²) in [6.45, 7) is 8.12. The van der Waals surface area contributed by atoms with Crippen molar-refractivity contribution in [2.24, 2.45) is 22.9 Å². The van der Waals surface area contributed by atoms with Crippen LogP contribution < -0.4 is 14.8 Å². The Labute approximate surface area is 382 Å². The highest BCUT2D eigenvalue weighted by molar-refractivity contribution is 7.89. The van der Waals surface area contributed by atoms with E-state index in [1.54, 1.807) is 48.5 Å². The fraction of sp³-hybridized carbons (Fsp3) is 0.500. The van der Waals surface area contributed by atoms with Crippen LogP contribution in [-0.4, -0.2) is 91.9 Å². The molecule has 2 aliphatic heterocycles. The highest BCUT2D eigenvalue weighted by atomic mass is 32.2. The monoisotopic (exact) mass is 913 g/mol. The standard InChI is InChI=1S/C50H63N3O11S/c1-4-24-53(65(58,59)40-21-18-37(19-22-40)51-34(3)57)46-32-44(52-64-47-17-8-11-28-60-47)42-30-36(14-6-9-25-54)41(16-7-10-26-55)48-43-31-39(62-38-15-12-13-35(29-38)33-56)20-23-45(43)63-50(46,49(42)48)61-27-5-2/h5,12-13,15,18-23,29-31,33,36,41,46-49,54-55H,2,4,6-11,14,16-17,24-28,32H2,1,3H3,(H,51,57). The Morgan fingerprint density at radius 3 is 2.48 bits per heavy atom. The number of fused-ring (bicyclic) bond motifs is 2. The fourth-order valence-corrected chi connectivity index (χ4v) is 11.8. The summed E-state index contributed by atoms with van der Waals surface area (Å²) >= 11 is 0. The summed E-state index contributed by atoms with van der Waals surface area (Å²) in [5.74, 6) is -1.44. The summed E-state index contributed by atoms with van der Waals surface area (Å²) in [5, 5.41) is 27.6. The lowest BCUT2D eigenvalue weighted by molar-refractivity contribution is -0.251. The maximum atomic E-state index is 15.3. The third-order valence-corrected chi connectivity index (χ3v) is 14.8. The van der Waals surface area contributed by atoms with Gasteiger partial charge in [-0.2, -0.15) is 4.31 Å². The lowest BCUT2D eigenvalue weighted by Crippen LogP contribution is -2.70. The van der Waals surface area contributed by atoms with Crippen molar-refractivity contribution in [1.29, 1.82) is 0 Å². The van der Waals surface area contributed by atoms with Gasteiger partial charge in [0.2, 0.25) is 28.0 Å². The minimum absolute atomic E-state index is 0.0151. The Hall–Kier alpha value is -4.90. The molecule has 0 radical (unpaired) electrons. The number of aliphatic hydroxyl groups is 2. The summed E-state index contributed by atoms with van der Waals surface area (Å²) in [7, 11) is -4.29. The van der Waals surface area contributed by atoms with Crippen LogP contribution in [0.2, 0.25) is 0 Å². The number of rotatable bonds is 22. The van der Waals surface area contributed by atoms with Crippen LogP contribution in [0.3, 0.4) is 0 Å². The Bertz CT molecular complexity index is 2290. The molecule has 0 spiro atoms. The summed E-state index contributed by atoms with van der Waals surface area (Å²) < 4.78 is 58.8. The van der Waals surface area contributed by atoms with Gasteiger partial charge >= 0.3 is 0 Å². The quantitative estimate of drug-likeness (QED) is 0.0380. The van der Waals surface area contributed by atoms with Crippen molar-refractivity contribution in [2.75, 3.05) is 38.3 Å². The number of ether oxygens (including phenoxy) is 4. The first kappa shape index (κ1) is 48.0. The Morgan fingerprint density at radius 1 is 1.02 bits per heavy atom. The van der Waals surface area contributed by atoms with Crippen molar-refractivity contribution in [2.45, 2.75) is 113 Å². The van der Waals surface area contributed by atoms with E-state index in [2.05, 4.69) is 18.0 Å². The molecule has 0 aromatic heterocycles. The lowest BCUT2D eigenvalue weighted by atomic mass is 9.55. The van der Waals surface area contributed by atoms with Gasteiger partial charge in [-0.25, -0.2) is 8.42 Å². The number of hydrogen-bond donors (Lipinski definition) is 3. The zero-order valence-electron chi connectivity index (χ0n) is 37.4. The first-order valence-corrected chi connectivity index (χ1v) is 24.5. The molecule has 15 heteroatoms. The number of carbonyl (C=O) groups excluding carboxylic acids is 2. The van der Waals surface area contributed by atoms with Gasteiger partial charge in [-0.3, -0.25) is 9.59 Å². The molecule has 7 rings (SSSR count). The summed E-state index contributed by atoms with van der Waals surface area (Å²) in [5.41, 5.74) is 3.19. The number of benzene rings is 3. The number of hydrogen-bond acceptors (Lipinski definition) is 12. The maximum Gasteiger partial charge on any atom is 0.243 e. The summed E-state index contributed by atoms with van der Waals surface area (Å²) in [4.78, 5) is 29.8. The van der Waals surface area contributed by atoms with Gasteiger partial charge in [-0.15, -0.1) is 6.58 Å². The van der Waals surface area contributed by atoms with Gasteiger partial charge in [0.25, 0.3) is 0 Å². The van der Waals surface area contributed by atoms with Gasteiger partial charge in [-0.1, -0.05) is 49.2 Å². The average molecular weight is 914 g/mol. The van der Waals surface area contributed by atoms with E-state index in [1.807, 2.05) is 19.1 Å². The van der Waals surface area contributed by atoms with Crippen molar-refractivity contribution < 1.29 is 52.0 Å². The second kappa shape index (κ2) is 22.1. The van der Waals surface area contributed by atoms with Gasteiger partial charge in [0.15, 0.2) is 0 Å². The average Bonchev–Trinajstić information content (AvgIpc) is 3.31. The van der Waals surface area contributed by atoms with E-state index in [1.165, 1.54) is 23.4 Å². The van der Waals surface area contributed by atoms with E-state index in [0.29, 0.717) is 66.5 Å². The maximum absolute atomic E-state index is 15.3. The molecule has 14 nitrogen and oxygen atoms in total. The predicted octanol–water partition coefficient (Wildman–Crippen LogP) is 8.51. The number of unbranched alkanes of at least 4 members (excludes halogenated alkanes) is 2. The molecular weight excluding hydrogens is 851 g/mol. The molecule has 350 valence electrons. The van der Waals surface area contributed by atoms with Gasteiger partial charge in [0.1, 0.15) is 23.5 Å². The van der Waals surface area contributed by atoms with E-state index in [0.717, 1.165) is 55.9 Å². The molecule has 0 bridgehead atoms. The molecule has 2 aliphatic carbocycles. The van der Waals surface area contributed by atoms with E-state index in [-0.39, 0.29) is 61.3 Å². The second-order valence-electron chi connectivity index (χ2n) is 17.3. The van der Waals surface area contributed by atoms with E-state index >= 15 is 8.42 Å². The predicted molar refractivity (Wildman–Crippen MR) is 246 cm³/mol. The molecule has 7 unspecified atom stereocenters. The van der Waals surface area contributed by atoms with Crippen LogP contribution in [0.25, 0.3) is 0 Å².